The van der Waals surface area contributed by atoms with Crippen LogP contribution in [-0.4, -0.2) is 56.1 Å². The predicted octanol–water partition coefficient (Wildman–Crippen LogP) is 3.63. The van der Waals surface area contributed by atoms with Crippen LogP contribution in [0.15, 0.2) is 51.7 Å². The largest absolute Gasteiger partial charge is 0.354 e. The number of carbonyl (C=O) groups excluding carboxylic acids is 1. The van der Waals surface area contributed by atoms with Gasteiger partial charge in [-0.2, -0.15) is 8.42 Å². The van der Waals surface area contributed by atoms with E-state index in [1.54, 1.807) is 0 Å². The zero-order chi connectivity index (χ0) is 21.3. The molecule has 1 amide bonds. The fraction of sp³-hybridized carbons (Fsp3) is 0.364. The lowest BCUT2D eigenvalue weighted by atomic mass is 10.1. The molecule has 0 unspecified atom stereocenters. The van der Waals surface area contributed by atoms with Gasteiger partial charge in [0.1, 0.15) is 10.7 Å². The van der Waals surface area contributed by atoms with Crippen molar-refractivity contribution in [3.63, 3.8) is 0 Å². The molecule has 1 saturated heterocycles. The van der Waals surface area contributed by atoms with E-state index in [0.717, 1.165) is 23.3 Å². The molecule has 30 heavy (non-hydrogen) atoms. The second-order valence-corrected chi connectivity index (χ2v) is 9.99. The lowest BCUT2D eigenvalue weighted by Crippen LogP contribution is -2.37. The molecule has 1 aromatic heterocycles. The molecule has 0 bridgehead atoms. The number of carbonyl (C=O) groups is 1. The van der Waals surface area contributed by atoms with Crippen LogP contribution < -0.4 is 0 Å². The molecule has 8 heteroatoms. The SMILES string of the molecule is CCc1ccc(C2=C(C)C(N3CCCN(C(=O)c4cccs4)CC3)=NS2(=O)=O)cc1. The monoisotopic (exact) mass is 443 g/mol. The van der Waals surface area contributed by atoms with Crippen molar-refractivity contribution in [2.75, 3.05) is 26.2 Å². The van der Waals surface area contributed by atoms with Crippen LogP contribution in [0, 0.1) is 0 Å². The van der Waals surface area contributed by atoms with E-state index in [1.165, 1.54) is 11.3 Å². The van der Waals surface area contributed by atoms with Crippen LogP contribution in [0.5, 0.6) is 0 Å². The Morgan fingerprint density at radius 2 is 1.87 bits per heavy atom. The van der Waals surface area contributed by atoms with Gasteiger partial charge in [-0.15, -0.1) is 15.7 Å². The van der Waals surface area contributed by atoms with Crippen LogP contribution in [0.2, 0.25) is 0 Å². The van der Waals surface area contributed by atoms with Gasteiger partial charge in [0.2, 0.25) is 0 Å². The third-order valence-corrected chi connectivity index (χ3v) is 7.91. The van der Waals surface area contributed by atoms with E-state index in [-0.39, 0.29) is 10.8 Å². The summed E-state index contributed by atoms with van der Waals surface area (Å²) in [6.07, 6.45) is 1.67. The van der Waals surface area contributed by atoms with Crippen molar-refractivity contribution in [1.29, 1.82) is 0 Å². The van der Waals surface area contributed by atoms with Crippen molar-refractivity contribution >= 4 is 38.0 Å². The molecule has 2 aliphatic rings. The van der Waals surface area contributed by atoms with Crippen LogP contribution in [-0.2, 0) is 16.4 Å². The van der Waals surface area contributed by atoms with Crippen molar-refractivity contribution in [3.05, 3.63) is 63.4 Å². The fourth-order valence-electron chi connectivity index (χ4n) is 3.96. The molecule has 0 saturated carbocycles. The van der Waals surface area contributed by atoms with Gasteiger partial charge in [0.05, 0.1) is 4.88 Å². The number of amidine groups is 1. The second-order valence-electron chi connectivity index (χ2n) is 7.50. The summed E-state index contributed by atoms with van der Waals surface area (Å²) in [6.45, 7) is 6.32. The smallest absolute Gasteiger partial charge is 0.285 e. The first-order valence-electron chi connectivity index (χ1n) is 10.1. The predicted molar refractivity (Wildman–Crippen MR) is 121 cm³/mol. The Balaban J connectivity index is 1.56. The van der Waals surface area contributed by atoms with Crippen molar-refractivity contribution in [2.45, 2.75) is 26.7 Å². The van der Waals surface area contributed by atoms with Gasteiger partial charge < -0.3 is 9.80 Å². The van der Waals surface area contributed by atoms with E-state index in [2.05, 4.69) is 11.3 Å². The van der Waals surface area contributed by atoms with Gasteiger partial charge in [0.15, 0.2) is 0 Å². The number of hydrogen-bond donors (Lipinski definition) is 0. The maximum absolute atomic E-state index is 12.9. The molecule has 1 aromatic carbocycles. The molecule has 1 fully saturated rings. The van der Waals surface area contributed by atoms with Crippen LogP contribution in [0.3, 0.4) is 0 Å². The summed E-state index contributed by atoms with van der Waals surface area (Å²) in [5, 5.41) is 1.90. The van der Waals surface area contributed by atoms with E-state index in [4.69, 9.17) is 0 Å². The summed E-state index contributed by atoms with van der Waals surface area (Å²) in [5.74, 6) is 0.548. The average molecular weight is 444 g/mol. The Kier molecular flexibility index (Phi) is 5.79. The Morgan fingerprint density at radius 1 is 1.10 bits per heavy atom. The first kappa shape index (κ1) is 20.8. The number of sulfonamides is 1. The van der Waals surface area contributed by atoms with E-state index in [1.807, 2.05) is 58.5 Å². The molecule has 2 aliphatic heterocycles. The summed E-state index contributed by atoms with van der Waals surface area (Å²) in [5.41, 5.74) is 2.52. The maximum atomic E-state index is 12.9. The van der Waals surface area contributed by atoms with Crippen molar-refractivity contribution < 1.29 is 13.2 Å². The highest BCUT2D eigenvalue weighted by Gasteiger charge is 2.34. The normalized spacial score (nSPS) is 19.1. The molecule has 0 aliphatic carbocycles. The molecule has 0 N–H and O–H groups in total. The fourth-order valence-corrected chi connectivity index (χ4v) is 6.14. The van der Waals surface area contributed by atoms with Gasteiger partial charge in [-0.1, -0.05) is 37.3 Å². The van der Waals surface area contributed by atoms with Gasteiger partial charge >= 0.3 is 0 Å². The standard InChI is InChI=1S/C22H25N3O3S2/c1-3-17-7-9-18(10-8-17)20-16(2)21(23-30(20,27)28)24-11-5-12-25(14-13-24)22(26)19-6-4-15-29-19/h4,6-10,15H,3,5,11-14H2,1-2H3. The van der Waals surface area contributed by atoms with Gasteiger partial charge in [-0.25, -0.2) is 0 Å². The first-order chi connectivity index (χ1) is 14.4. The Hall–Kier alpha value is -2.45. The lowest BCUT2D eigenvalue weighted by molar-refractivity contribution is 0.0769. The number of nitrogens with zero attached hydrogens (tertiary/aromatic N) is 3. The van der Waals surface area contributed by atoms with Crippen LogP contribution >= 0.6 is 11.3 Å². The topological polar surface area (TPSA) is 70.0 Å². The minimum absolute atomic E-state index is 0.0387. The van der Waals surface area contributed by atoms with Crippen LogP contribution in [0.25, 0.3) is 4.91 Å². The number of benzene rings is 1. The molecular weight excluding hydrogens is 418 g/mol. The van der Waals surface area contributed by atoms with E-state index in [9.17, 15) is 13.2 Å². The molecule has 4 rings (SSSR count). The maximum Gasteiger partial charge on any atom is 0.285 e. The lowest BCUT2D eigenvalue weighted by Gasteiger charge is -2.23. The Morgan fingerprint density at radius 3 is 2.53 bits per heavy atom. The summed E-state index contributed by atoms with van der Waals surface area (Å²) in [4.78, 5) is 17.6. The molecule has 158 valence electrons. The number of rotatable bonds is 3. The number of amides is 1. The van der Waals surface area contributed by atoms with E-state index in [0.29, 0.717) is 43.2 Å². The first-order valence-corrected chi connectivity index (χ1v) is 12.5. The van der Waals surface area contributed by atoms with Crippen molar-refractivity contribution in [3.8, 4) is 0 Å². The quantitative estimate of drug-likeness (QED) is 0.726. The van der Waals surface area contributed by atoms with Crippen LogP contribution in [0.1, 0.15) is 41.1 Å². The molecule has 2 aromatic rings. The molecule has 0 atom stereocenters. The summed E-state index contributed by atoms with van der Waals surface area (Å²) < 4.78 is 29.8. The Labute approximate surface area is 181 Å². The summed E-state index contributed by atoms with van der Waals surface area (Å²) in [6, 6.07) is 11.4. The third-order valence-electron chi connectivity index (χ3n) is 5.58. The number of aryl methyl sites for hydroxylation is 1. The molecular formula is C22H25N3O3S2. The van der Waals surface area contributed by atoms with E-state index < -0.39 is 10.0 Å². The Bertz CT molecular complexity index is 1100. The minimum atomic E-state index is -3.74. The van der Waals surface area contributed by atoms with Crippen molar-refractivity contribution in [1.82, 2.24) is 9.80 Å². The van der Waals surface area contributed by atoms with Gasteiger partial charge in [-0.3, -0.25) is 4.79 Å². The third kappa shape index (κ3) is 3.94. The van der Waals surface area contributed by atoms with Gasteiger partial charge in [-0.05, 0) is 42.3 Å². The highest BCUT2D eigenvalue weighted by Crippen LogP contribution is 2.34. The number of thiophene rings is 1. The highest BCUT2D eigenvalue weighted by atomic mass is 32.2. The van der Waals surface area contributed by atoms with Crippen LogP contribution in [0.4, 0.5) is 0 Å². The van der Waals surface area contributed by atoms with Crippen molar-refractivity contribution in [2.24, 2.45) is 4.40 Å². The summed E-state index contributed by atoms with van der Waals surface area (Å²) >= 11 is 1.44. The summed E-state index contributed by atoms with van der Waals surface area (Å²) in [7, 11) is -3.74. The molecule has 0 radical (unpaired) electrons. The average Bonchev–Trinajstić information content (AvgIpc) is 3.26. The molecule has 3 heterocycles. The molecule has 0 spiro atoms. The zero-order valence-electron chi connectivity index (χ0n) is 17.2. The second kappa shape index (κ2) is 8.35. The zero-order valence-corrected chi connectivity index (χ0v) is 18.8. The van der Waals surface area contributed by atoms with E-state index >= 15 is 0 Å². The minimum Gasteiger partial charge on any atom is -0.354 e. The highest BCUT2D eigenvalue weighted by molar-refractivity contribution is 8.00. The number of hydrogen-bond acceptors (Lipinski definition) is 5. The molecule has 6 nitrogen and oxygen atoms in total. The van der Waals surface area contributed by atoms with Gasteiger partial charge in [0, 0.05) is 31.8 Å². The van der Waals surface area contributed by atoms with Gasteiger partial charge in [0.25, 0.3) is 15.9 Å².